The summed E-state index contributed by atoms with van der Waals surface area (Å²) in [6.45, 7) is 3.73. The number of aryl methyl sites for hydroxylation is 1. The van der Waals surface area contributed by atoms with Crippen LogP contribution in [0.2, 0.25) is 0 Å². The van der Waals surface area contributed by atoms with Crippen molar-refractivity contribution in [2.75, 3.05) is 7.11 Å². The Morgan fingerprint density at radius 2 is 2.14 bits per heavy atom. The second-order valence-electron chi connectivity index (χ2n) is 3.16. The largest absolute Gasteiger partial charge is 0.497 e. The third-order valence-corrected chi connectivity index (χ3v) is 2.48. The van der Waals surface area contributed by atoms with E-state index < -0.39 is 0 Å². The van der Waals surface area contributed by atoms with Crippen LogP contribution in [0.5, 0.6) is 5.75 Å². The molecule has 0 aliphatic heterocycles. The zero-order chi connectivity index (χ0) is 10.7. The molecule has 1 aromatic carbocycles. The number of alkyl halides is 1. The fraction of sp³-hybridized carbons (Fsp3) is 0.364. The number of methoxy groups -OCH3 is 1. The average Bonchev–Trinajstić information content (AvgIpc) is 2.16. The Morgan fingerprint density at radius 3 is 2.57 bits per heavy atom. The van der Waals surface area contributed by atoms with Crippen molar-refractivity contribution in [2.24, 2.45) is 0 Å². The van der Waals surface area contributed by atoms with Gasteiger partial charge in [-0.05, 0) is 37.6 Å². The number of ether oxygens (including phenoxy) is 1. The highest BCUT2D eigenvalue weighted by molar-refractivity contribution is 9.10. The standard InChI is InChI=1S/C11H13BrO2/c1-7-6-9(14-3)4-5-10(7)11(13)8(2)12/h4-6,8H,1-3H3. The Hall–Kier alpha value is -0.830. The number of rotatable bonds is 3. The number of hydrogen-bond donors (Lipinski definition) is 0. The van der Waals surface area contributed by atoms with E-state index in [1.807, 2.05) is 19.9 Å². The minimum atomic E-state index is -0.144. The Labute approximate surface area is 92.4 Å². The van der Waals surface area contributed by atoms with Crippen molar-refractivity contribution in [2.45, 2.75) is 18.7 Å². The number of ketones is 1. The Morgan fingerprint density at radius 1 is 1.50 bits per heavy atom. The van der Waals surface area contributed by atoms with Crippen molar-refractivity contribution in [3.8, 4) is 5.75 Å². The Bertz CT molecular complexity index is 345. The number of Topliss-reactive ketones (excluding diaryl/α,β-unsaturated/α-hetero) is 1. The van der Waals surface area contributed by atoms with E-state index in [0.29, 0.717) is 0 Å². The van der Waals surface area contributed by atoms with Crippen LogP contribution < -0.4 is 4.74 Å². The van der Waals surface area contributed by atoms with E-state index in [9.17, 15) is 4.79 Å². The number of carbonyl (C=O) groups is 1. The van der Waals surface area contributed by atoms with Gasteiger partial charge in [-0.25, -0.2) is 0 Å². The molecule has 3 heteroatoms. The predicted octanol–water partition coefficient (Wildman–Crippen LogP) is 2.97. The second kappa shape index (κ2) is 4.60. The highest BCUT2D eigenvalue weighted by Crippen LogP contribution is 2.19. The fourth-order valence-corrected chi connectivity index (χ4v) is 1.50. The third-order valence-electron chi connectivity index (χ3n) is 2.06. The van der Waals surface area contributed by atoms with Crippen molar-refractivity contribution in [3.63, 3.8) is 0 Å². The first-order chi connectivity index (χ1) is 6.56. The molecule has 2 nitrogen and oxygen atoms in total. The van der Waals surface area contributed by atoms with Crippen molar-refractivity contribution in [3.05, 3.63) is 29.3 Å². The van der Waals surface area contributed by atoms with E-state index in [0.717, 1.165) is 16.9 Å². The summed E-state index contributed by atoms with van der Waals surface area (Å²) in [4.78, 5) is 11.5. The molecule has 0 aliphatic rings. The summed E-state index contributed by atoms with van der Waals surface area (Å²) in [6.07, 6.45) is 0. The van der Waals surface area contributed by atoms with Crippen LogP contribution in [0, 0.1) is 6.92 Å². The molecule has 1 atom stereocenters. The fourth-order valence-electron chi connectivity index (χ4n) is 1.25. The lowest BCUT2D eigenvalue weighted by atomic mass is 10.0. The second-order valence-corrected chi connectivity index (χ2v) is 4.53. The lowest BCUT2D eigenvalue weighted by molar-refractivity contribution is 0.0995. The van der Waals surface area contributed by atoms with Gasteiger partial charge in [-0.15, -0.1) is 0 Å². The normalized spacial score (nSPS) is 12.3. The van der Waals surface area contributed by atoms with Gasteiger partial charge in [-0.3, -0.25) is 4.79 Å². The van der Waals surface area contributed by atoms with Gasteiger partial charge < -0.3 is 4.74 Å². The van der Waals surface area contributed by atoms with Gasteiger partial charge in [0, 0.05) is 5.56 Å². The molecular formula is C11H13BrO2. The molecule has 14 heavy (non-hydrogen) atoms. The van der Waals surface area contributed by atoms with Gasteiger partial charge >= 0.3 is 0 Å². The summed E-state index contributed by atoms with van der Waals surface area (Å²) in [7, 11) is 1.61. The molecular weight excluding hydrogens is 244 g/mol. The maximum Gasteiger partial charge on any atom is 0.176 e. The molecule has 0 aliphatic carbocycles. The van der Waals surface area contributed by atoms with E-state index in [1.54, 1.807) is 19.2 Å². The lowest BCUT2D eigenvalue weighted by Crippen LogP contribution is -2.11. The lowest BCUT2D eigenvalue weighted by Gasteiger charge is -2.08. The summed E-state index contributed by atoms with van der Waals surface area (Å²) in [5, 5.41) is 0. The highest BCUT2D eigenvalue weighted by Gasteiger charge is 2.14. The molecule has 0 saturated carbocycles. The third kappa shape index (κ3) is 2.35. The van der Waals surface area contributed by atoms with Gasteiger partial charge in [0.15, 0.2) is 5.78 Å². The van der Waals surface area contributed by atoms with Crippen molar-refractivity contribution in [1.29, 1.82) is 0 Å². The molecule has 0 fully saturated rings. The van der Waals surface area contributed by atoms with Crippen molar-refractivity contribution in [1.82, 2.24) is 0 Å². The molecule has 0 saturated heterocycles. The Balaban J connectivity index is 3.06. The molecule has 0 aromatic heterocycles. The van der Waals surface area contributed by atoms with E-state index in [2.05, 4.69) is 15.9 Å². The molecule has 0 amide bonds. The van der Waals surface area contributed by atoms with Crippen LogP contribution in [0.4, 0.5) is 0 Å². The van der Waals surface area contributed by atoms with Gasteiger partial charge in [0.05, 0.1) is 11.9 Å². The maximum absolute atomic E-state index is 11.7. The maximum atomic E-state index is 11.7. The monoisotopic (exact) mass is 256 g/mol. The van der Waals surface area contributed by atoms with Crippen molar-refractivity contribution < 1.29 is 9.53 Å². The molecule has 1 rings (SSSR count). The van der Waals surface area contributed by atoms with Crippen molar-refractivity contribution >= 4 is 21.7 Å². The molecule has 0 bridgehead atoms. The van der Waals surface area contributed by atoms with E-state index in [-0.39, 0.29) is 10.6 Å². The highest BCUT2D eigenvalue weighted by atomic mass is 79.9. The summed E-state index contributed by atoms with van der Waals surface area (Å²) < 4.78 is 5.07. The van der Waals surface area contributed by atoms with Crippen LogP contribution >= 0.6 is 15.9 Å². The first-order valence-corrected chi connectivity index (χ1v) is 5.30. The zero-order valence-electron chi connectivity index (χ0n) is 8.50. The van der Waals surface area contributed by atoms with Crippen LogP contribution in [0.25, 0.3) is 0 Å². The van der Waals surface area contributed by atoms with Crippen LogP contribution in [0.3, 0.4) is 0 Å². The zero-order valence-corrected chi connectivity index (χ0v) is 10.1. The van der Waals surface area contributed by atoms with Gasteiger partial charge in [0.25, 0.3) is 0 Å². The number of hydrogen-bond acceptors (Lipinski definition) is 2. The first-order valence-electron chi connectivity index (χ1n) is 4.39. The van der Waals surface area contributed by atoms with E-state index in [1.165, 1.54) is 0 Å². The number of halogens is 1. The van der Waals surface area contributed by atoms with E-state index in [4.69, 9.17) is 4.74 Å². The topological polar surface area (TPSA) is 26.3 Å². The quantitative estimate of drug-likeness (QED) is 0.614. The molecule has 1 unspecified atom stereocenters. The average molecular weight is 257 g/mol. The van der Waals surface area contributed by atoms with Gasteiger partial charge in [-0.2, -0.15) is 0 Å². The summed E-state index contributed by atoms with van der Waals surface area (Å²) in [5.74, 6) is 0.881. The van der Waals surface area contributed by atoms with Crippen LogP contribution in [-0.4, -0.2) is 17.7 Å². The molecule has 0 spiro atoms. The molecule has 0 heterocycles. The minimum Gasteiger partial charge on any atom is -0.497 e. The smallest absolute Gasteiger partial charge is 0.176 e. The summed E-state index contributed by atoms with van der Waals surface area (Å²) >= 11 is 3.27. The summed E-state index contributed by atoms with van der Waals surface area (Å²) in [6, 6.07) is 5.46. The molecule has 1 aromatic rings. The molecule has 0 radical (unpaired) electrons. The van der Waals surface area contributed by atoms with E-state index >= 15 is 0 Å². The van der Waals surface area contributed by atoms with Crippen LogP contribution in [0.1, 0.15) is 22.8 Å². The predicted molar refractivity (Wildman–Crippen MR) is 60.5 cm³/mol. The summed E-state index contributed by atoms with van der Waals surface area (Å²) in [5.41, 5.74) is 1.69. The first kappa shape index (κ1) is 11.2. The molecule has 0 N–H and O–H groups in total. The van der Waals surface area contributed by atoms with Gasteiger partial charge in [0.1, 0.15) is 5.75 Å². The van der Waals surface area contributed by atoms with Gasteiger partial charge in [-0.1, -0.05) is 15.9 Å². The van der Waals surface area contributed by atoms with Crippen LogP contribution in [0.15, 0.2) is 18.2 Å². The minimum absolute atomic E-state index is 0.102. The molecule has 76 valence electrons. The van der Waals surface area contributed by atoms with Gasteiger partial charge in [0.2, 0.25) is 0 Å². The number of carbonyl (C=O) groups excluding carboxylic acids is 1. The SMILES string of the molecule is COc1ccc(C(=O)C(C)Br)c(C)c1. The van der Waals surface area contributed by atoms with Crippen LogP contribution in [-0.2, 0) is 0 Å². The Kier molecular flexibility index (Phi) is 3.69. The number of benzene rings is 1.